The average Bonchev–Trinajstić information content (AvgIpc) is 2.59. The molecule has 5 nitrogen and oxygen atoms in total. The highest BCUT2D eigenvalue weighted by molar-refractivity contribution is 9.10. The number of halogens is 1. The predicted octanol–water partition coefficient (Wildman–Crippen LogP) is 2.52. The van der Waals surface area contributed by atoms with Crippen LogP contribution in [0.25, 0.3) is 0 Å². The number of ketones is 2. The number of carbonyl (C=O) groups excluding carboxylic acids is 2. The molecule has 0 saturated heterocycles. The maximum atomic E-state index is 11.4. The van der Waals surface area contributed by atoms with Crippen LogP contribution in [0.15, 0.2) is 22.7 Å². The molecule has 1 fully saturated rings. The molecule has 0 amide bonds. The minimum atomic E-state index is -0.667. The fraction of sp³-hybridized carbons (Fsp3) is 0.579. The molecule has 25 heavy (non-hydrogen) atoms. The van der Waals surface area contributed by atoms with Gasteiger partial charge in [-0.15, -0.1) is 0 Å². The van der Waals surface area contributed by atoms with Crippen LogP contribution in [0.2, 0.25) is 0 Å². The number of aliphatic hydroxyl groups excluding tert-OH is 3. The van der Waals surface area contributed by atoms with E-state index in [1.165, 1.54) is 0 Å². The van der Waals surface area contributed by atoms with Crippen molar-refractivity contribution in [1.29, 1.82) is 0 Å². The van der Waals surface area contributed by atoms with E-state index in [0.29, 0.717) is 19.3 Å². The highest BCUT2D eigenvalue weighted by Crippen LogP contribution is 2.34. The molecule has 0 radical (unpaired) electrons. The normalized spacial score (nSPS) is 15.8. The van der Waals surface area contributed by atoms with Crippen LogP contribution in [-0.4, -0.2) is 46.7 Å². The van der Waals surface area contributed by atoms with E-state index in [9.17, 15) is 9.59 Å². The van der Waals surface area contributed by atoms with E-state index < -0.39 is 5.41 Å². The van der Waals surface area contributed by atoms with Gasteiger partial charge in [-0.3, -0.25) is 9.59 Å². The molecule has 1 aromatic carbocycles. The Hall–Kier alpha value is -1.08. The smallest absolute Gasteiger partial charge is 0.140 e. The zero-order valence-electron chi connectivity index (χ0n) is 14.8. The maximum absolute atomic E-state index is 11.4. The lowest BCUT2D eigenvalue weighted by Gasteiger charge is -2.24. The minimum Gasteiger partial charge on any atom is -0.396 e. The number of benzene rings is 1. The van der Waals surface area contributed by atoms with E-state index in [0.717, 1.165) is 15.6 Å². The lowest BCUT2D eigenvalue weighted by Crippen LogP contribution is -2.32. The Morgan fingerprint density at radius 2 is 1.60 bits per heavy atom. The summed E-state index contributed by atoms with van der Waals surface area (Å²) < 4.78 is 0.991. The van der Waals surface area contributed by atoms with E-state index in [2.05, 4.69) is 22.0 Å². The molecule has 0 spiro atoms. The summed E-state index contributed by atoms with van der Waals surface area (Å²) in [6.07, 6.45) is 1.71. The van der Waals surface area contributed by atoms with Crippen molar-refractivity contribution in [2.45, 2.75) is 45.4 Å². The van der Waals surface area contributed by atoms with Gasteiger partial charge < -0.3 is 15.3 Å². The summed E-state index contributed by atoms with van der Waals surface area (Å²) in [5.41, 5.74) is 1.57. The first-order valence-corrected chi connectivity index (χ1v) is 9.22. The number of aliphatic hydroxyl groups is 3. The van der Waals surface area contributed by atoms with E-state index >= 15 is 0 Å². The van der Waals surface area contributed by atoms with E-state index in [-0.39, 0.29) is 43.7 Å². The van der Waals surface area contributed by atoms with Crippen molar-refractivity contribution in [2.24, 2.45) is 5.41 Å². The van der Waals surface area contributed by atoms with Gasteiger partial charge in [-0.25, -0.2) is 0 Å². The van der Waals surface area contributed by atoms with Crippen LogP contribution >= 0.6 is 15.9 Å². The molecule has 3 N–H and O–H groups in total. The molecule has 0 bridgehead atoms. The number of carbonyl (C=O) groups is 2. The van der Waals surface area contributed by atoms with Crippen molar-refractivity contribution >= 4 is 27.5 Å². The summed E-state index contributed by atoms with van der Waals surface area (Å²) in [7, 11) is 0. The Morgan fingerprint density at radius 1 is 1.08 bits per heavy atom. The van der Waals surface area contributed by atoms with Crippen LogP contribution in [0.5, 0.6) is 0 Å². The molecule has 1 aromatic rings. The highest BCUT2D eigenvalue weighted by Gasteiger charge is 2.27. The van der Waals surface area contributed by atoms with Gasteiger partial charge in [0.05, 0.1) is 26.2 Å². The molecule has 0 atom stereocenters. The van der Waals surface area contributed by atoms with E-state index in [1.807, 2.05) is 26.0 Å². The summed E-state index contributed by atoms with van der Waals surface area (Å²) in [4.78, 5) is 22.8. The topological polar surface area (TPSA) is 94.8 Å². The Bertz CT molecular complexity index is 562. The standard InChI is InChI=1S/C13H13BrO2.C6H14O3/c1-8-2-3-13(14)12(4-8)9-5-10(15)7-11(16)6-9;1-2-6(3-7,4-8)5-9/h2-4,9H,5-7H2,1H3;7-9H,2-5H2,1H3. The second-order valence-corrected chi connectivity index (χ2v) is 7.57. The molecule has 0 aliphatic heterocycles. The first kappa shape index (κ1) is 22.0. The molecular formula is C19H27BrO5. The summed E-state index contributed by atoms with van der Waals surface area (Å²) in [5.74, 6) is 0.187. The monoisotopic (exact) mass is 414 g/mol. The third-order valence-corrected chi connectivity index (χ3v) is 5.41. The maximum Gasteiger partial charge on any atom is 0.140 e. The fourth-order valence-corrected chi connectivity index (χ4v) is 3.24. The number of hydrogen-bond donors (Lipinski definition) is 3. The van der Waals surface area contributed by atoms with Crippen molar-refractivity contribution < 1.29 is 24.9 Å². The third-order valence-electron chi connectivity index (χ3n) is 4.69. The van der Waals surface area contributed by atoms with Gasteiger partial charge in [-0.1, -0.05) is 40.5 Å². The number of aryl methyl sites for hydroxylation is 1. The third kappa shape index (κ3) is 6.29. The quantitative estimate of drug-likeness (QED) is 0.643. The van der Waals surface area contributed by atoms with Crippen LogP contribution in [0.3, 0.4) is 0 Å². The van der Waals surface area contributed by atoms with Crippen molar-refractivity contribution in [3.05, 3.63) is 33.8 Å². The van der Waals surface area contributed by atoms with Crippen LogP contribution in [0.4, 0.5) is 0 Å². The van der Waals surface area contributed by atoms with Gasteiger partial charge in [0, 0.05) is 22.7 Å². The predicted molar refractivity (Wildman–Crippen MR) is 99.5 cm³/mol. The number of hydrogen-bond acceptors (Lipinski definition) is 5. The van der Waals surface area contributed by atoms with Crippen molar-refractivity contribution in [2.75, 3.05) is 19.8 Å². The number of rotatable bonds is 5. The van der Waals surface area contributed by atoms with Crippen LogP contribution in [0, 0.1) is 12.3 Å². The molecule has 1 saturated carbocycles. The molecule has 0 unspecified atom stereocenters. The summed E-state index contributed by atoms with van der Waals surface area (Å²) >= 11 is 3.48. The van der Waals surface area contributed by atoms with Gasteiger partial charge in [-0.05, 0) is 30.9 Å². The molecule has 1 aliphatic rings. The molecule has 1 aliphatic carbocycles. The van der Waals surface area contributed by atoms with Crippen molar-refractivity contribution in [3.63, 3.8) is 0 Å². The summed E-state index contributed by atoms with van der Waals surface area (Å²) in [6, 6.07) is 6.05. The molecule has 140 valence electrons. The molecule has 6 heteroatoms. The van der Waals surface area contributed by atoms with Crippen LogP contribution in [-0.2, 0) is 9.59 Å². The second-order valence-electron chi connectivity index (χ2n) is 6.71. The Balaban J connectivity index is 0.000000299. The summed E-state index contributed by atoms with van der Waals surface area (Å²) in [5, 5.41) is 26.0. The summed E-state index contributed by atoms with van der Waals surface area (Å²) in [6.45, 7) is 3.37. The van der Waals surface area contributed by atoms with Gasteiger partial charge in [-0.2, -0.15) is 0 Å². The zero-order valence-corrected chi connectivity index (χ0v) is 16.4. The SMILES string of the molecule is CCC(CO)(CO)CO.Cc1ccc(Br)c(C2CC(=O)CC(=O)C2)c1. The average molecular weight is 415 g/mol. The van der Waals surface area contributed by atoms with Crippen molar-refractivity contribution in [3.8, 4) is 0 Å². The Kier molecular flexibility index (Phi) is 8.93. The lowest BCUT2D eigenvalue weighted by atomic mass is 9.82. The van der Waals surface area contributed by atoms with E-state index in [1.54, 1.807) is 0 Å². The largest absolute Gasteiger partial charge is 0.396 e. The van der Waals surface area contributed by atoms with Gasteiger partial charge in [0.25, 0.3) is 0 Å². The highest BCUT2D eigenvalue weighted by atomic mass is 79.9. The molecule has 2 rings (SSSR count). The first-order chi connectivity index (χ1) is 11.8. The van der Waals surface area contributed by atoms with Gasteiger partial charge in [0.2, 0.25) is 0 Å². The zero-order chi connectivity index (χ0) is 19.0. The first-order valence-electron chi connectivity index (χ1n) is 8.42. The molecule has 0 aromatic heterocycles. The van der Waals surface area contributed by atoms with Gasteiger partial charge in [0.1, 0.15) is 11.6 Å². The van der Waals surface area contributed by atoms with Gasteiger partial charge in [0.15, 0.2) is 0 Å². The van der Waals surface area contributed by atoms with Crippen molar-refractivity contribution in [1.82, 2.24) is 0 Å². The fourth-order valence-electron chi connectivity index (χ4n) is 2.67. The van der Waals surface area contributed by atoms with E-state index in [4.69, 9.17) is 15.3 Å². The van der Waals surface area contributed by atoms with Gasteiger partial charge >= 0.3 is 0 Å². The Labute approximate surface area is 157 Å². The molecule has 0 heterocycles. The second kappa shape index (κ2) is 10.2. The lowest BCUT2D eigenvalue weighted by molar-refractivity contribution is -0.130. The van der Waals surface area contributed by atoms with Crippen LogP contribution < -0.4 is 0 Å². The Morgan fingerprint density at radius 3 is 2.00 bits per heavy atom. The van der Waals surface area contributed by atoms with Crippen LogP contribution in [0.1, 0.15) is 49.7 Å². The number of Topliss-reactive ketones (excluding diaryl/α,β-unsaturated/α-hetero) is 2. The minimum absolute atomic E-state index is 0.0584. The molecular weight excluding hydrogens is 388 g/mol.